The third-order valence-corrected chi connectivity index (χ3v) is 4.02. The van der Waals surface area contributed by atoms with Crippen LogP contribution in [0, 0.1) is 3.57 Å². The summed E-state index contributed by atoms with van der Waals surface area (Å²) in [5, 5.41) is 0. The number of anilines is 1. The molecule has 0 saturated heterocycles. The Kier molecular flexibility index (Phi) is 5.26. The van der Waals surface area contributed by atoms with Crippen molar-refractivity contribution in [1.82, 2.24) is 0 Å². The van der Waals surface area contributed by atoms with Gasteiger partial charge in [-0.25, -0.2) is 8.42 Å². The molecule has 0 heterocycles. The third kappa shape index (κ3) is 6.43. The fourth-order valence-corrected chi connectivity index (χ4v) is 2.90. The zero-order valence-corrected chi connectivity index (χ0v) is 12.1. The fraction of sp³-hybridized carbons (Fsp3) is 0.400. The lowest BCUT2D eigenvalue weighted by Crippen LogP contribution is -2.18. The highest BCUT2D eigenvalue weighted by molar-refractivity contribution is 14.1. The predicted molar refractivity (Wildman–Crippen MR) is 71.9 cm³/mol. The summed E-state index contributed by atoms with van der Waals surface area (Å²) in [4.78, 5) is 0. The molecule has 0 saturated carbocycles. The molecule has 1 N–H and O–H groups in total. The van der Waals surface area contributed by atoms with Crippen molar-refractivity contribution in [3.63, 3.8) is 0 Å². The van der Waals surface area contributed by atoms with E-state index in [1.807, 2.05) is 22.6 Å². The molecule has 0 amide bonds. The lowest BCUT2D eigenvalue weighted by Gasteiger charge is -2.09. The van der Waals surface area contributed by atoms with Crippen LogP contribution in [-0.2, 0) is 10.0 Å². The number of hydrogen-bond donors (Lipinski definition) is 1. The number of halogens is 4. The average molecular weight is 393 g/mol. The quantitative estimate of drug-likeness (QED) is 0.780. The first-order valence-corrected chi connectivity index (χ1v) is 7.74. The molecule has 0 aromatic heterocycles. The molecule has 18 heavy (non-hydrogen) atoms. The Morgan fingerprint density at radius 2 is 1.94 bits per heavy atom. The topological polar surface area (TPSA) is 46.2 Å². The van der Waals surface area contributed by atoms with Crippen molar-refractivity contribution in [2.24, 2.45) is 0 Å². The normalized spacial score (nSPS) is 12.4. The van der Waals surface area contributed by atoms with Crippen LogP contribution in [0.15, 0.2) is 24.3 Å². The Morgan fingerprint density at radius 3 is 2.50 bits per heavy atom. The van der Waals surface area contributed by atoms with Crippen LogP contribution in [0.25, 0.3) is 0 Å². The minimum absolute atomic E-state index is 0.355. The zero-order valence-electron chi connectivity index (χ0n) is 9.17. The highest BCUT2D eigenvalue weighted by Crippen LogP contribution is 2.22. The van der Waals surface area contributed by atoms with Gasteiger partial charge in [-0.15, -0.1) is 0 Å². The van der Waals surface area contributed by atoms with E-state index in [-0.39, 0.29) is 0 Å². The van der Waals surface area contributed by atoms with Gasteiger partial charge >= 0.3 is 6.18 Å². The van der Waals surface area contributed by atoms with Gasteiger partial charge in [0.2, 0.25) is 10.0 Å². The molecule has 1 aromatic rings. The van der Waals surface area contributed by atoms with Gasteiger partial charge in [-0.3, -0.25) is 4.72 Å². The van der Waals surface area contributed by atoms with E-state index in [4.69, 9.17) is 0 Å². The molecular weight excluding hydrogens is 382 g/mol. The maximum absolute atomic E-state index is 11.9. The first-order valence-electron chi connectivity index (χ1n) is 5.01. The Bertz CT molecular complexity index is 502. The number of hydrogen-bond acceptors (Lipinski definition) is 2. The van der Waals surface area contributed by atoms with Gasteiger partial charge in [0.05, 0.1) is 5.75 Å². The van der Waals surface area contributed by atoms with Crippen LogP contribution in [-0.4, -0.2) is 20.3 Å². The van der Waals surface area contributed by atoms with Gasteiger partial charge in [0, 0.05) is 15.7 Å². The standard InChI is InChI=1S/C10H11F3INO2S/c11-10(12,13)5-2-6-18(16,17)15-9-4-1-3-8(14)7-9/h1,3-4,7,15H,2,5-6H2. The maximum atomic E-state index is 11.9. The first-order chi connectivity index (χ1) is 8.18. The molecule has 1 aromatic carbocycles. The number of benzene rings is 1. The Hall–Kier alpha value is -0.510. The molecule has 0 radical (unpaired) electrons. The van der Waals surface area contributed by atoms with E-state index in [1.165, 1.54) is 0 Å². The summed E-state index contributed by atoms with van der Waals surface area (Å²) >= 11 is 2.01. The molecule has 0 unspecified atom stereocenters. The van der Waals surface area contributed by atoms with Crippen LogP contribution in [0.3, 0.4) is 0 Å². The number of rotatable bonds is 5. The lowest BCUT2D eigenvalue weighted by atomic mass is 10.3. The van der Waals surface area contributed by atoms with Crippen molar-refractivity contribution in [1.29, 1.82) is 0 Å². The Morgan fingerprint density at radius 1 is 1.28 bits per heavy atom. The lowest BCUT2D eigenvalue weighted by molar-refractivity contribution is -0.134. The highest BCUT2D eigenvalue weighted by Gasteiger charge is 2.27. The van der Waals surface area contributed by atoms with Crippen molar-refractivity contribution in [2.45, 2.75) is 19.0 Å². The van der Waals surface area contributed by atoms with Crippen molar-refractivity contribution in [2.75, 3.05) is 10.5 Å². The van der Waals surface area contributed by atoms with Gasteiger partial charge < -0.3 is 0 Å². The number of nitrogens with one attached hydrogen (secondary N) is 1. The first kappa shape index (κ1) is 15.5. The van der Waals surface area contributed by atoms with Crippen molar-refractivity contribution in [3.05, 3.63) is 27.8 Å². The fourth-order valence-electron chi connectivity index (χ4n) is 1.25. The van der Waals surface area contributed by atoms with Crippen molar-refractivity contribution < 1.29 is 21.6 Å². The number of sulfonamides is 1. The van der Waals surface area contributed by atoms with E-state index in [2.05, 4.69) is 4.72 Å². The highest BCUT2D eigenvalue weighted by atomic mass is 127. The molecule has 102 valence electrons. The smallest absolute Gasteiger partial charge is 0.284 e. The molecule has 0 atom stereocenters. The summed E-state index contributed by atoms with van der Waals surface area (Å²) in [5.74, 6) is -0.544. The second-order valence-electron chi connectivity index (χ2n) is 3.65. The maximum Gasteiger partial charge on any atom is 0.389 e. The molecule has 1 rings (SSSR count). The van der Waals surface area contributed by atoms with Crippen molar-refractivity contribution >= 4 is 38.3 Å². The Labute approximate surface area is 117 Å². The van der Waals surface area contributed by atoms with Crippen LogP contribution in [0.1, 0.15) is 12.8 Å². The molecule has 0 bridgehead atoms. The summed E-state index contributed by atoms with van der Waals surface area (Å²) in [6.07, 6.45) is -5.86. The van der Waals surface area contributed by atoms with E-state index >= 15 is 0 Å². The SMILES string of the molecule is O=S(=O)(CCCC(F)(F)F)Nc1cccc(I)c1. The minimum Gasteiger partial charge on any atom is -0.284 e. The molecule has 0 aliphatic heterocycles. The molecule has 0 spiro atoms. The molecule has 0 fully saturated rings. The summed E-state index contributed by atoms with van der Waals surface area (Å²) in [5.41, 5.74) is 0.355. The summed E-state index contributed by atoms with van der Waals surface area (Å²) in [6.45, 7) is 0. The number of alkyl halides is 3. The summed E-state index contributed by atoms with van der Waals surface area (Å²) < 4.78 is 61.8. The van der Waals surface area contributed by atoms with Crippen LogP contribution >= 0.6 is 22.6 Å². The van der Waals surface area contributed by atoms with Crippen LogP contribution in [0.2, 0.25) is 0 Å². The summed E-state index contributed by atoms with van der Waals surface area (Å²) in [7, 11) is -3.73. The van der Waals surface area contributed by atoms with E-state index in [9.17, 15) is 21.6 Å². The predicted octanol–water partition coefficient (Wildman–Crippen LogP) is 3.38. The zero-order chi connectivity index (χ0) is 13.8. The van der Waals surface area contributed by atoms with E-state index in [1.54, 1.807) is 24.3 Å². The Balaban J connectivity index is 2.55. The van der Waals surface area contributed by atoms with Crippen LogP contribution in [0.4, 0.5) is 18.9 Å². The second-order valence-corrected chi connectivity index (χ2v) is 6.74. The molecule has 0 aliphatic carbocycles. The molecule has 3 nitrogen and oxygen atoms in total. The second kappa shape index (κ2) is 6.09. The summed E-state index contributed by atoms with van der Waals surface area (Å²) in [6, 6.07) is 6.59. The van der Waals surface area contributed by atoms with E-state index in [0.717, 1.165) is 3.57 Å². The molecular formula is C10H11F3INO2S. The minimum atomic E-state index is -4.32. The third-order valence-electron chi connectivity index (χ3n) is 1.97. The van der Waals surface area contributed by atoms with Gasteiger partial charge in [0.25, 0.3) is 0 Å². The van der Waals surface area contributed by atoms with Gasteiger partial charge in [-0.2, -0.15) is 13.2 Å². The molecule has 0 aliphatic rings. The monoisotopic (exact) mass is 393 g/mol. The van der Waals surface area contributed by atoms with Crippen LogP contribution < -0.4 is 4.72 Å². The molecule has 8 heteroatoms. The van der Waals surface area contributed by atoms with Gasteiger partial charge in [-0.05, 0) is 47.2 Å². The average Bonchev–Trinajstić information content (AvgIpc) is 2.13. The van der Waals surface area contributed by atoms with E-state index < -0.39 is 34.8 Å². The van der Waals surface area contributed by atoms with Crippen LogP contribution in [0.5, 0.6) is 0 Å². The van der Waals surface area contributed by atoms with Crippen molar-refractivity contribution in [3.8, 4) is 0 Å². The van der Waals surface area contributed by atoms with Gasteiger partial charge in [0.1, 0.15) is 0 Å². The van der Waals surface area contributed by atoms with E-state index in [0.29, 0.717) is 5.69 Å². The van der Waals surface area contributed by atoms with Gasteiger partial charge in [0.15, 0.2) is 0 Å². The largest absolute Gasteiger partial charge is 0.389 e. The van der Waals surface area contributed by atoms with Gasteiger partial charge in [-0.1, -0.05) is 6.07 Å².